The summed E-state index contributed by atoms with van der Waals surface area (Å²) in [5.74, 6) is -1.16. The smallest absolute Gasteiger partial charge is 0.334 e. The van der Waals surface area contributed by atoms with Crippen LogP contribution in [0, 0.1) is 6.92 Å². The normalized spacial score (nSPS) is 9.83. The van der Waals surface area contributed by atoms with Crippen LogP contribution in [-0.2, 0) is 4.84 Å². The van der Waals surface area contributed by atoms with Crippen LogP contribution >= 0.6 is 11.5 Å². The second-order valence-electron chi connectivity index (χ2n) is 3.37. The lowest BCUT2D eigenvalue weighted by atomic mass is 10.2. The fraction of sp³-hybridized carbons (Fsp3) is 0.0909. The Morgan fingerprint density at radius 1 is 1.28 bits per heavy atom. The highest BCUT2D eigenvalue weighted by molar-refractivity contribution is 7.07. The summed E-state index contributed by atoms with van der Waals surface area (Å²) in [6.07, 6.45) is 0. The molecule has 0 aliphatic heterocycles. The van der Waals surface area contributed by atoms with Crippen LogP contribution in [0.3, 0.4) is 0 Å². The zero-order valence-electron chi connectivity index (χ0n) is 9.41. The lowest BCUT2D eigenvalue weighted by Gasteiger charge is -2.04. The number of carbonyl (C=O) groups is 2. The monoisotopic (exact) mass is 263 g/mol. The van der Waals surface area contributed by atoms with Crippen LogP contribution < -0.4 is 5.48 Å². The summed E-state index contributed by atoms with van der Waals surface area (Å²) in [4.78, 5) is 28.1. The average molecular weight is 263 g/mol. The average Bonchev–Trinajstić information content (AvgIpc) is 2.83. The number of hydrogen-bond acceptors (Lipinski definition) is 6. The third-order valence-corrected chi connectivity index (χ3v) is 2.92. The van der Waals surface area contributed by atoms with Gasteiger partial charge in [-0.1, -0.05) is 22.7 Å². The fourth-order valence-electron chi connectivity index (χ4n) is 1.21. The largest absolute Gasteiger partial charge is 0.376 e. The van der Waals surface area contributed by atoms with Gasteiger partial charge in [-0.15, -0.1) is 5.10 Å². The van der Waals surface area contributed by atoms with Crippen LogP contribution in [0.15, 0.2) is 30.3 Å². The van der Waals surface area contributed by atoms with E-state index in [1.165, 1.54) is 0 Å². The molecule has 2 aromatic rings. The quantitative estimate of drug-likeness (QED) is 0.827. The molecule has 0 bridgehead atoms. The molecule has 7 heteroatoms. The van der Waals surface area contributed by atoms with Crippen LogP contribution in [-0.4, -0.2) is 21.5 Å². The van der Waals surface area contributed by atoms with E-state index in [1.54, 1.807) is 37.3 Å². The van der Waals surface area contributed by atoms with E-state index >= 15 is 0 Å². The minimum absolute atomic E-state index is 0.267. The molecule has 18 heavy (non-hydrogen) atoms. The Morgan fingerprint density at radius 3 is 2.61 bits per heavy atom. The molecule has 0 atom stereocenters. The first kappa shape index (κ1) is 12.2. The summed E-state index contributed by atoms with van der Waals surface area (Å²) in [5, 5.41) is 3.68. The molecule has 0 radical (unpaired) electrons. The third kappa shape index (κ3) is 2.69. The SMILES string of the molecule is Cc1nnsc1C(=O)ONC(=O)c1ccccc1. The van der Waals surface area contributed by atoms with E-state index in [4.69, 9.17) is 0 Å². The van der Waals surface area contributed by atoms with Gasteiger partial charge < -0.3 is 4.84 Å². The van der Waals surface area contributed by atoms with Crippen molar-refractivity contribution >= 4 is 23.4 Å². The van der Waals surface area contributed by atoms with Gasteiger partial charge in [0.15, 0.2) is 4.88 Å². The van der Waals surface area contributed by atoms with E-state index in [-0.39, 0.29) is 4.88 Å². The summed E-state index contributed by atoms with van der Waals surface area (Å²) in [6, 6.07) is 8.45. The Morgan fingerprint density at radius 2 is 2.00 bits per heavy atom. The first-order valence-corrected chi connectivity index (χ1v) is 5.81. The summed E-state index contributed by atoms with van der Waals surface area (Å²) in [5.41, 5.74) is 2.96. The van der Waals surface area contributed by atoms with Crippen LogP contribution in [0.2, 0.25) is 0 Å². The Bertz CT molecular complexity index is 568. The van der Waals surface area contributed by atoms with Crippen LogP contribution in [0.25, 0.3) is 0 Å². The number of benzene rings is 1. The van der Waals surface area contributed by atoms with Crippen molar-refractivity contribution in [3.05, 3.63) is 46.5 Å². The second kappa shape index (κ2) is 5.37. The summed E-state index contributed by atoms with van der Waals surface area (Å²) >= 11 is 0.918. The molecule has 0 spiro atoms. The minimum Gasteiger partial charge on any atom is -0.334 e. The predicted molar refractivity (Wildman–Crippen MR) is 64.0 cm³/mol. The highest BCUT2D eigenvalue weighted by atomic mass is 32.1. The molecule has 0 saturated heterocycles. The van der Waals surface area contributed by atoms with E-state index in [0.29, 0.717) is 11.3 Å². The van der Waals surface area contributed by atoms with E-state index in [1.807, 2.05) is 0 Å². The molecular weight excluding hydrogens is 254 g/mol. The van der Waals surface area contributed by atoms with Crippen molar-refractivity contribution in [1.82, 2.24) is 15.1 Å². The van der Waals surface area contributed by atoms with Gasteiger partial charge in [0.2, 0.25) is 0 Å². The summed E-state index contributed by atoms with van der Waals surface area (Å²) < 4.78 is 3.61. The van der Waals surface area contributed by atoms with Crippen molar-refractivity contribution in [3.8, 4) is 0 Å². The Labute approximate surface area is 107 Å². The minimum atomic E-state index is -0.674. The van der Waals surface area contributed by atoms with Gasteiger partial charge in [0.1, 0.15) is 0 Å². The molecular formula is C11H9N3O3S. The number of aryl methyl sites for hydroxylation is 1. The van der Waals surface area contributed by atoms with E-state index in [2.05, 4.69) is 19.9 Å². The van der Waals surface area contributed by atoms with E-state index in [9.17, 15) is 9.59 Å². The second-order valence-corrected chi connectivity index (χ2v) is 4.13. The first-order chi connectivity index (χ1) is 8.68. The molecule has 0 aliphatic rings. The van der Waals surface area contributed by atoms with Crippen molar-refractivity contribution in [1.29, 1.82) is 0 Å². The zero-order chi connectivity index (χ0) is 13.0. The van der Waals surface area contributed by atoms with Gasteiger partial charge in [0.05, 0.1) is 5.69 Å². The number of carbonyl (C=O) groups excluding carboxylic acids is 2. The van der Waals surface area contributed by atoms with Crippen molar-refractivity contribution in [2.75, 3.05) is 0 Å². The van der Waals surface area contributed by atoms with Crippen molar-refractivity contribution < 1.29 is 14.4 Å². The highest BCUT2D eigenvalue weighted by Crippen LogP contribution is 2.09. The molecule has 0 fully saturated rings. The molecule has 2 rings (SSSR count). The molecule has 1 amide bonds. The maximum Gasteiger partial charge on any atom is 0.376 e. The van der Waals surface area contributed by atoms with E-state index in [0.717, 1.165) is 11.5 Å². The molecule has 0 saturated carbocycles. The molecule has 1 heterocycles. The van der Waals surface area contributed by atoms with Crippen molar-refractivity contribution in [2.45, 2.75) is 6.92 Å². The topological polar surface area (TPSA) is 81.2 Å². The van der Waals surface area contributed by atoms with Crippen molar-refractivity contribution in [3.63, 3.8) is 0 Å². The van der Waals surface area contributed by atoms with Crippen LogP contribution in [0.1, 0.15) is 25.7 Å². The lowest BCUT2D eigenvalue weighted by molar-refractivity contribution is 0.0234. The lowest BCUT2D eigenvalue weighted by Crippen LogP contribution is -2.27. The van der Waals surface area contributed by atoms with Gasteiger partial charge in [-0.3, -0.25) is 4.79 Å². The van der Waals surface area contributed by atoms with Gasteiger partial charge in [-0.2, -0.15) is 5.48 Å². The van der Waals surface area contributed by atoms with Gasteiger partial charge in [0, 0.05) is 5.56 Å². The number of nitrogens with one attached hydrogen (secondary N) is 1. The first-order valence-electron chi connectivity index (χ1n) is 5.04. The Kier molecular flexibility index (Phi) is 3.63. The number of aromatic nitrogens is 2. The highest BCUT2D eigenvalue weighted by Gasteiger charge is 2.16. The molecule has 0 unspecified atom stereocenters. The van der Waals surface area contributed by atoms with Crippen LogP contribution in [0.5, 0.6) is 0 Å². The molecule has 1 aromatic carbocycles. The molecule has 1 N–H and O–H groups in total. The molecule has 0 aliphatic carbocycles. The number of hydrogen-bond donors (Lipinski definition) is 1. The van der Waals surface area contributed by atoms with Gasteiger partial charge >= 0.3 is 5.97 Å². The number of rotatable bonds is 2. The number of nitrogens with zero attached hydrogens (tertiary/aromatic N) is 2. The number of hydroxylamine groups is 1. The summed E-state index contributed by atoms with van der Waals surface area (Å²) in [7, 11) is 0. The fourth-order valence-corrected chi connectivity index (χ4v) is 1.74. The van der Waals surface area contributed by atoms with Gasteiger partial charge in [0.25, 0.3) is 5.91 Å². The third-order valence-electron chi connectivity index (χ3n) is 2.11. The van der Waals surface area contributed by atoms with Crippen LogP contribution in [0.4, 0.5) is 0 Å². The summed E-state index contributed by atoms with van der Waals surface area (Å²) in [6.45, 7) is 1.64. The standard InChI is InChI=1S/C11H9N3O3S/c1-7-9(18-14-12-7)11(16)17-13-10(15)8-5-3-2-4-6-8/h2-6H,1H3,(H,13,15). The maximum atomic E-state index is 11.6. The number of amides is 1. The predicted octanol–water partition coefficient (Wildman–Crippen LogP) is 1.35. The zero-order valence-corrected chi connectivity index (χ0v) is 10.2. The molecule has 92 valence electrons. The molecule has 6 nitrogen and oxygen atoms in total. The van der Waals surface area contributed by atoms with Crippen molar-refractivity contribution in [2.24, 2.45) is 0 Å². The Balaban J connectivity index is 1.95. The Hall–Kier alpha value is -2.28. The van der Waals surface area contributed by atoms with Gasteiger partial charge in [-0.05, 0) is 30.6 Å². The maximum absolute atomic E-state index is 11.6. The molecule has 1 aromatic heterocycles. The van der Waals surface area contributed by atoms with E-state index < -0.39 is 11.9 Å². The van der Waals surface area contributed by atoms with Gasteiger partial charge in [-0.25, -0.2) is 4.79 Å².